The van der Waals surface area contributed by atoms with Gasteiger partial charge in [-0.2, -0.15) is 0 Å². The molecule has 198 valence electrons. The van der Waals surface area contributed by atoms with Crippen LogP contribution in [0.1, 0.15) is 22.3 Å². The molecule has 0 aliphatic heterocycles. The van der Waals surface area contributed by atoms with E-state index in [1.165, 1.54) is 0 Å². The summed E-state index contributed by atoms with van der Waals surface area (Å²) in [5.74, 6) is 0. The maximum Gasteiger partial charge on any atom is 0.0916 e. The molecule has 42 heavy (non-hydrogen) atoms. The lowest BCUT2D eigenvalue weighted by Crippen LogP contribution is -2.02. The van der Waals surface area contributed by atoms with E-state index in [1.807, 2.05) is 109 Å². The third kappa shape index (κ3) is 5.34. The van der Waals surface area contributed by atoms with Crippen LogP contribution in [0.15, 0.2) is 168 Å². The van der Waals surface area contributed by atoms with E-state index in [4.69, 9.17) is 20.0 Å². The summed E-state index contributed by atoms with van der Waals surface area (Å²) in [5, 5.41) is 0. The molecular formula is C38H26N4. The molecule has 1 aromatic heterocycles. The van der Waals surface area contributed by atoms with Gasteiger partial charge in [-0.1, -0.05) is 121 Å². The lowest BCUT2D eigenvalue weighted by Gasteiger charge is -2.09. The Labute approximate surface area is 244 Å². The van der Waals surface area contributed by atoms with E-state index in [1.54, 1.807) is 0 Å². The summed E-state index contributed by atoms with van der Waals surface area (Å²) in [4.78, 5) is 20.0. The minimum absolute atomic E-state index is 0.801. The van der Waals surface area contributed by atoms with Crippen molar-refractivity contribution in [2.24, 2.45) is 9.98 Å². The van der Waals surface area contributed by atoms with Crippen LogP contribution in [0.25, 0.3) is 22.1 Å². The monoisotopic (exact) mass is 538 g/mol. The first-order valence-corrected chi connectivity index (χ1v) is 13.9. The summed E-state index contributed by atoms with van der Waals surface area (Å²) in [6.45, 7) is 0. The molecule has 0 radical (unpaired) electrons. The zero-order chi connectivity index (χ0) is 28.1. The Balaban J connectivity index is 1.29. The standard InChI is InChI=1S/C38H26N4/c1-5-13-27(14-6-1)37(28-15-7-2-8-16-28)39-31-21-23-33-35(25-31)41-34-24-22-32(26-36(34)42-33)40-38(29-17-9-3-10-18-29)30-19-11-4-12-20-30/h1-26H. The zero-order valence-electron chi connectivity index (χ0n) is 22.8. The van der Waals surface area contributed by atoms with Crippen molar-refractivity contribution in [2.45, 2.75) is 0 Å². The van der Waals surface area contributed by atoms with Crippen molar-refractivity contribution in [3.8, 4) is 0 Å². The first kappa shape index (κ1) is 25.2. The summed E-state index contributed by atoms with van der Waals surface area (Å²) < 4.78 is 0. The van der Waals surface area contributed by atoms with Crippen LogP contribution in [0.4, 0.5) is 11.4 Å². The van der Waals surface area contributed by atoms with Gasteiger partial charge < -0.3 is 0 Å². The third-order valence-electron chi connectivity index (χ3n) is 7.07. The SMILES string of the molecule is c1ccc(C(=Nc2ccc3nc4cc(N=C(c5ccccc5)c5ccccc5)ccc4nc3c2)c2ccccc2)cc1. The zero-order valence-corrected chi connectivity index (χ0v) is 22.8. The van der Waals surface area contributed by atoms with Crippen LogP contribution in [0.5, 0.6) is 0 Å². The minimum Gasteiger partial charge on any atom is -0.248 e. The highest BCUT2D eigenvalue weighted by Gasteiger charge is 2.10. The van der Waals surface area contributed by atoms with Gasteiger partial charge in [0.15, 0.2) is 0 Å². The van der Waals surface area contributed by atoms with Gasteiger partial charge in [0.2, 0.25) is 0 Å². The number of hydrogen-bond acceptors (Lipinski definition) is 4. The number of aromatic nitrogens is 2. The first-order chi connectivity index (χ1) is 20.8. The Kier molecular flexibility index (Phi) is 6.85. The van der Waals surface area contributed by atoms with Crippen LogP contribution < -0.4 is 0 Å². The number of fused-ring (bicyclic) bond motifs is 2. The number of aliphatic imine (C=N–C) groups is 2. The van der Waals surface area contributed by atoms with E-state index >= 15 is 0 Å². The van der Waals surface area contributed by atoms with Gasteiger partial charge in [0.05, 0.1) is 44.9 Å². The molecule has 0 saturated carbocycles. The highest BCUT2D eigenvalue weighted by molar-refractivity contribution is 6.14. The van der Waals surface area contributed by atoms with Gasteiger partial charge in [-0.05, 0) is 36.4 Å². The normalized spacial score (nSPS) is 10.9. The van der Waals surface area contributed by atoms with Gasteiger partial charge in [0.25, 0.3) is 0 Å². The highest BCUT2D eigenvalue weighted by atomic mass is 14.8. The molecule has 7 aromatic rings. The molecule has 6 aromatic carbocycles. The smallest absolute Gasteiger partial charge is 0.0916 e. The van der Waals surface area contributed by atoms with Gasteiger partial charge in [0.1, 0.15) is 0 Å². The number of benzene rings is 6. The molecule has 0 saturated heterocycles. The summed E-state index contributed by atoms with van der Waals surface area (Å²) in [6.07, 6.45) is 0. The Morgan fingerprint density at radius 1 is 0.333 bits per heavy atom. The molecule has 4 heteroatoms. The molecule has 0 N–H and O–H groups in total. The summed E-state index contributed by atoms with van der Waals surface area (Å²) in [6, 6.07) is 53.0. The molecule has 0 atom stereocenters. The fraction of sp³-hybridized carbons (Fsp3) is 0. The van der Waals surface area contributed by atoms with Crippen molar-refractivity contribution in [2.75, 3.05) is 0 Å². The van der Waals surface area contributed by atoms with E-state index in [0.717, 1.165) is 67.1 Å². The maximum atomic E-state index is 5.06. The van der Waals surface area contributed by atoms with E-state index in [2.05, 4.69) is 48.5 Å². The molecule has 0 spiro atoms. The summed E-state index contributed by atoms with van der Waals surface area (Å²) in [7, 11) is 0. The Morgan fingerprint density at radius 2 is 0.643 bits per heavy atom. The lowest BCUT2D eigenvalue weighted by atomic mass is 10.0. The number of hydrogen-bond donors (Lipinski definition) is 0. The van der Waals surface area contributed by atoms with Gasteiger partial charge in [-0.25, -0.2) is 20.0 Å². The highest BCUT2D eigenvalue weighted by Crippen LogP contribution is 2.27. The second kappa shape index (κ2) is 11.4. The van der Waals surface area contributed by atoms with Crippen LogP contribution in [-0.4, -0.2) is 21.4 Å². The van der Waals surface area contributed by atoms with Gasteiger partial charge in [-0.15, -0.1) is 0 Å². The van der Waals surface area contributed by atoms with Crippen LogP contribution in [-0.2, 0) is 0 Å². The van der Waals surface area contributed by atoms with Crippen LogP contribution >= 0.6 is 0 Å². The van der Waals surface area contributed by atoms with Crippen molar-refractivity contribution >= 4 is 44.9 Å². The summed E-state index contributed by atoms with van der Waals surface area (Å²) >= 11 is 0. The van der Waals surface area contributed by atoms with Crippen molar-refractivity contribution in [3.05, 3.63) is 180 Å². The summed E-state index contributed by atoms with van der Waals surface area (Å²) in [5.41, 5.74) is 11.0. The van der Waals surface area contributed by atoms with Crippen molar-refractivity contribution < 1.29 is 0 Å². The Hall–Kier alpha value is -5.74. The van der Waals surface area contributed by atoms with E-state index in [9.17, 15) is 0 Å². The van der Waals surface area contributed by atoms with Crippen LogP contribution in [0.3, 0.4) is 0 Å². The molecule has 0 bridgehead atoms. The topological polar surface area (TPSA) is 50.5 Å². The first-order valence-electron chi connectivity index (χ1n) is 13.9. The van der Waals surface area contributed by atoms with Gasteiger partial charge >= 0.3 is 0 Å². The van der Waals surface area contributed by atoms with E-state index in [0.29, 0.717) is 0 Å². The van der Waals surface area contributed by atoms with E-state index < -0.39 is 0 Å². The Morgan fingerprint density at radius 3 is 0.952 bits per heavy atom. The average molecular weight is 539 g/mol. The molecule has 0 aliphatic carbocycles. The molecule has 0 aliphatic rings. The fourth-order valence-corrected chi connectivity index (χ4v) is 5.02. The quantitative estimate of drug-likeness (QED) is 0.157. The maximum absolute atomic E-state index is 5.06. The van der Waals surface area contributed by atoms with Crippen LogP contribution in [0.2, 0.25) is 0 Å². The second-order valence-corrected chi connectivity index (χ2v) is 9.95. The van der Waals surface area contributed by atoms with Crippen molar-refractivity contribution in [1.29, 1.82) is 0 Å². The predicted molar refractivity (Wildman–Crippen MR) is 173 cm³/mol. The molecule has 4 nitrogen and oxygen atoms in total. The fourth-order valence-electron chi connectivity index (χ4n) is 5.02. The molecule has 0 unspecified atom stereocenters. The van der Waals surface area contributed by atoms with Gasteiger partial charge in [0, 0.05) is 22.3 Å². The number of rotatable bonds is 6. The van der Waals surface area contributed by atoms with Gasteiger partial charge in [-0.3, -0.25) is 0 Å². The number of nitrogens with zero attached hydrogens (tertiary/aromatic N) is 4. The molecular weight excluding hydrogens is 512 g/mol. The molecule has 0 amide bonds. The minimum atomic E-state index is 0.801. The molecule has 0 fully saturated rings. The van der Waals surface area contributed by atoms with E-state index in [-0.39, 0.29) is 0 Å². The molecule has 7 rings (SSSR count). The predicted octanol–water partition coefficient (Wildman–Crippen LogP) is 9.12. The Bertz CT molecular complexity index is 1820. The average Bonchev–Trinajstić information content (AvgIpc) is 3.06. The van der Waals surface area contributed by atoms with Crippen molar-refractivity contribution in [1.82, 2.24) is 9.97 Å². The molecule has 1 heterocycles. The third-order valence-corrected chi connectivity index (χ3v) is 7.07. The largest absolute Gasteiger partial charge is 0.248 e. The lowest BCUT2D eigenvalue weighted by molar-refractivity contribution is 1.37. The van der Waals surface area contributed by atoms with Crippen molar-refractivity contribution in [3.63, 3.8) is 0 Å². The van der Waals surface area contributed by atoms with Crippen LogP contribution in [0, 0.1) is 0 Å². The second-order valence-electron chi connectivity index (χ2n) is 9.95.